The Bertz CT molecular complexity index is 926. The van der Waals surface area contributed by atoms with E-state index in [9.17, 15) is 14.7 Å². The smallest absolute Gasteiger partial charge is 0.352 e. The average Bonchev–Trinajstić information content (AvgIpc) is 2.57. The number of aromatic carboxylic acids is 1. The van der Waals surface area contributed by atoms with E-state index in [1.165, 1.54) is 10.6 Å². The Morgan fingerprint density at radius 1 is 1.13 bits per heavy atom. The molecule has 0 aliphatic heterocycles. The molecule has 3 rings (SSSR count). The predicted octanol–water partition coefficient (Wildman–Crippen LogP) is 2.76. The summed E-state index contributed by atoms with van der Waals surface area (Å²) in [6, 6.07) is 15.7. The summed E-state index contributed by atoms with van der Waals surface area (Å²) < 4.78 is 6.38. The van der Waals surface area contributed by atoms with Crippen molar-refractivity contribution in [2.45, 2.75) is 6.54 Å². The number of carbonyl (C=O) groups is 1. The van der Waals surface area contributed by atoms with Crippen LogP contribution in [0.15, 0.2) is 59.4 Å². The van der Waals surface area contributed by atoms with E-state index in [0.29, 0.717) is 16.5 Å². The second kappa shape index (κ2) is 5.96. The van der Waals surface area contributed by atoms with E-state index in [1.54, 1.807) is 43.5 Å². The Labute approximate surface area is 132 Å². The Hall–Kier alpha value is -3.08. The van der Waals surface area contributed by atoms with Gasteiger partial charge in [0.05, 0.1) is 13.7 Å². The molecule has 3 aromatic rings. The third-order valence-corrected chi connectivity index (χ3v) is 3.74. The fourth-order valence-electron chi connectivity index (χ4n) is 2.55. The van der Waals surface area contributed by atoms with Gasteiger partial charge < -0.3 is 9.84 Å². The standard InChI is InChI=1S/C18H15NO4/c1-23-14-8-6-12(7-9-14)11-19-16(18(21)22)10-13-4-2-3-5-15(13)17(19)20/h2-10H,11H2,1H3,(H,21,22). The molecule has 0 fully saturated rings. The summed E-state index contributed by atoms with van der Waals surface area (Å²) >= 11 is 0. The van der Waals surface area contributed by atoms with E-state index in [4.69, 9.17) is 4.74 Å². The molecule has 116 valence electrons. The Morgan fingerprint density at radius 3 is 2.48 bits per heavy atom. The average molecular weight is 309 g/mol. The molecule has 0 amide bonds. The molecule has 5 heteroatoms. The SMILES string of the molecule is COc1ccc(Cn2c(C(=O)O)cc3ccccc3c2=O)cc1. The van der Waals surface area contributed by atoms with Crippen LogP contribution in [-0.4, -0.2) is 22.8 Å². The fraction of sp³-hybridized carbons (Fsp3) is 0.111. The van der Waals surface area contributed by atoms with E-state index in [-0.39, 0.29) is 17.8 Å². The lowest BCUT2D eigenvalue weighted by atomic mass is 10.1. The van der Waals surface area contributed by atoms with Crippen molar-refractivity contribution < 1.29 is 14.6 Å². The van der Waals surface area contributed by atoms with Crippen molar-refractivity contribution in [2.75, 3.05) is 7.11 Å². The minimum atomic E-state index is -1.12. The van der Waals surface area contributed by atoms with Crippen molar-refractivity contribution >= 4 is 16.7 Å². The zero-order valence-electron chi connectivity index (χ0n) is 12.5. The van der Waals surface area contributed by atoms with Crippen LogP contribution in [0.3, 0.4) is 0 Å². The van der Waals surface area contributed by atoms with Gasteiger partial charge in [0, 0.05) is 5.39 Å². The van der Waals surface area contributed by atoms with Crippen LogP contribution in [0.1, 0.15) is 16.1 Å². The largest absolute Gasteiger partial charge is 0.497 e. The lowest BCUT2D eigenvalue weighted by Gasteiger charge is -2.12. The first-order valence-electron chi connectivity index (χ1n) is 7.09. The van der Waals surface area contributed by atoms with Gasteiger partial charge in [-0.3, -0.25) is 9.36 Å². The molecule has 0 saturated carbocycles. The van der Waals surface area contributed by atoms with E-state index in [1.807, 2.05) is 12.1 Å². The lowest BCUT2D eigenvalue weighted by Crippen LogP contribution is -2.26. The van der Waals surface area contributed by atoms with Crippen LogP contribution in [0.5, 0.6) is 5.75 Å². The highest BCUT2D eigenvalue weighted by Crippen LogP contribution is 2.15. The zero-order chi connectivity index (χ0) is 16.4. The second-order valence-electron chi connectivity index (χ2n) is 5.16. The molecule has 1 aromatic heterocycles. The van der Waals surface area contributed by atoms with Crippen LogP contribution in [0.2, 0.25) is 0 Å². The van der Waals surface area contributed by atoms with E-state index >= 15 is 0 Å². The maximum atomic E-state index is 12.7. The number of rotatable bonds is 4. The molecular weight excluding hydrogens is 294 g/mol. The Morgan fingerprint density at radius 2 is 1.83 bits per heavy atom. The minimum Gasteiger partial charge on any atom is -0.497 e. The third-order valence-electron chi connectivity index (χ3n) is 3.74. The minimum absolute atomic E-state index is 0.0236. The number of methoxy groups -OCH3 is 1. The quantitative estimate of drug-likeness (QED) is 0.804. The fourth-order valence-corrected chi connectivity index (χ4v) is 2.55. The number of fused-ring (bicyclic) bond motifs is 1. The van der Waals surface area contributed by atoms with Crippen LogP contribution in [0.4, 0.5) is 0 Å². The van der Waals surface area contributed by atoms with Gasteiger partial charge in [0.1, 0.15) is 11.4 Å². The van der Waals surface area contributed by atoms with Crippen LogP contribution in [0.25, 0.3) is 10.8 Å². The van der Waals surface area contributed by atoms with Gasteiger partial charge in [-0.2, -0.15) is 0 Å². The van der Waals surface area contributed by atoms with E-state index in [2.05, 4.69) is 0 Å². The normalized spacial score (nSPS) is 10.7. The molecule has 0 aliphatic carbocycles. The summed E-state index contributed by atoms with van der Waals surface area (Å²) in [5.74, 6) is -0.417. The topological polar surface area (TPSA) is 68.5 Å². The number of nitrogens with zero attached hydrogens (tertiary/aromatic N) is 1. The first kappa shape index (κ1) is 14.8. The van der Waals surface area contributed by atoms with Gasteiger partial charge >= 0.3 is 5.97 Å². The van der Waals surface area contributed by atoms with Gasteiger partial charge in [0.2, 0.25) is 0 Å². The molecule has 0 unspecified atom stereocenters. The first-order chi connectivity index (χ1) is 11.1. The van der Waals surface area contributed by atoms with Gasteiger partial charge in [0.25, 0.3) is 5.56 Å². The number of carboxylic acids is 1. The van der Waals surface area contributed by atoms with E-state index < -0.39 is 5.97 Å². The first-order valence-corrected chi connectivity index (χ1v) is 7.09. The summed E-state index contributed by atoms with van der Waals surface area (Å²) in [6.07, 6.45) is 0. The molecule has 1 heterocycles. The number of hydrogen-bond acceptors (Lipinski definition) is 3. The number of aromatic nitrogens is 1. The molecule has 0 bridgehead atoms. The number of carboxylic acid groups (broad SMARTS) is 1. The van der Waals surface area contributed by atoms with Crippen molar-refractivity contribution in [1.82, 2.24) is 4.57 Å². The molecule has 0 aliphatic rings. The van der Waals surface area contributed by atoms with Gasteiger partial charge in [-0.1, -0.05) is 30.3 Å². The Balaban J connectivity index is 2.14. The third kappa shape index (κ3) is 2.81. The summed E-state index contributed by atoms with van der Waals surface area (Å²) in [6.45, 7) is 0.190. The molecular formula is C18H15NO4. The van der Waals surface area contributed by atoms with Crippen LogP contribution in [0, 0.1) is 0 Å². The van der Waals surface area contributed by atoms with Crippen molar-refractivity contribution in [3.63, 3.8) is 0 Å². The van der Waals surface area contributed by atoms with Gasteiger partial charge in [-0.15, -0.1) is 0 Å². The maximum Gasteiger partial charge on any atom is 0.352 e. The lowest BCUT2D eigenvalue weighted by molar-refractivity contribution is 0.0684. The summed E-state index contributed by atoms with van der Waals surface area (Å²) in [7, 11) is 1.57. The predicted molar refractivity (Wildman–Crippen MR) is 87.3 cm³/mol. The van der Waals surface area contributed by atoms with Crippen molar-refractivity contribution in [1.29, 1.82) is 0 Å². The van der Waals surface area contributed by atoms with Crippen LogP contribution >= 0.6 is 0 Å². The van der Waals surface area contributed by atoms with Crippen molar-refractivity contribution in [3.05, 3.63) is 76.2 Å². The van der Waals surface area contributed by atoms with Gasteiger partial charge in [0.15, 0.2) is 0 Å². The molecule has 23 heavy (non-hydrogen) atoms. The zero-order valence-corrected chi connectivity index (χ0v) is 12.5. The van der Waals surface area contributed by atoms with Gasteiger partial charge in [-0.05, 0) is 35.2 Å². The molecule has 1 N–H and O–H groups in total. The van der Waals surface area contributed by atoms with E-state index in [0.717, 1.165) is 5.56 Å². The highest BCUT2D eigenvalue weighted by atomic mass is 16.5. The highest BCUT2D eigenvalue weighted by molar-refractivity contribution is 5.92. The van der Waals surface area contributed by atoms with Crippen molar-refractivity contribution in [3.8, 4) is 5.75 Å². The molecule has 2 aromatic carbocycles. The number of pyridine rings is 1. The summed E-state index contributed by atoms with van der Waals surface area (Å²) in [5, 5.41) is 10.6. The van der Waals surface area contributed by atoms with Gasteiger partial charge in [-0.25, -0.2) is 4.79 Å². The second-order valence-corrected chi connectivity index (χ2v) is 5.16. The summed E-state index contributed by atoms with van der Waals surface area (Å²) in [4.78, 5) is 24.2. The monoisotopic (exact) mass is 309 g/mol. The molecule has 0 saturated heterocycles. The van der Waals surface area contributed by atoms with Crippen LogP contribution < -0.4 is 10.3 Å². The molecule has 0 radical (unpaired) electrons. The van der Waals surface area contributed by atoms with Crippen molar-refractivity contribution in [2.24, 2.45) is 0 Å². The maximum absolute atomic E-state index is 12.7. The molecule has 5 nitrogen and oxygen atoms in total. The number of hydrogen-bond donors (Lipinski definition) is 1. The van der Waals surface area contributed by atoms with Crippen LogP contribution in [-0.2, 0) is 6.54 Å². The number of ether oxygens (including phenoxy) is 1. The Kier molecular flexibility index (Phi) is 3.85. The molecule has 0 atom stereocenters. The molecule has 0 spiro atoms. The highest BCUT2D eigenvalue weighted by Gasteiger charge is 2.14. The number of benzene rings is 2. The summed E-state index contributed by atoms with van der Waals surface area (Å²) in [5.41, 5.74) is 0.492.